The number of carbonyl (C=O) groups excluding carboxylic acids is 1. The van der Waals surface area contributed by atoms with Gasteiger partial charge in [-0.2, -0.15) is 5.10 Å². The molecule has 3 heterocycles. The zero-order valence-corrected chi connectivity index (χ0v) is 17.9. The Morgan fingerprint density at radius 1 is 1.10 bits per heavy atom. The minimum absolute atomic E-state index is 0.178. The molecule has 1 aliphatic rings. The number of carbonyl (C=O) groups is 1. The number of fused-ring (bicyclic) bond motifs is 1. The van der Waals surface area contributed by atoms with Crippen molar-refractivity contribution in [2.45, 2.75) is 46.4 Å². The summed E-state index contributed by atoms with van der Waals surface area (Å²) in [4.78, 5) is 25.5. The highest BCUT2D eigenvalue weighted by Crippen LogP contribution is 2.18. The number of nitrogens with zero attached hydrogens (tertiary/aromatic N) is 6. The number of rotatable bonds is 6. The molecule has 30 heavy (non-hydrogen) atoms. The van der Waals surface area contributed by atoms with Gasteiger partial charge in [0.2, 0.25) is 5.91 Å². The van der Waals surface area contributed by atoms with Crippen LogP contribution in [0.5, 0.6) is 0 Å². The van der Waals surface area contributed by atoms with Crippen molar-refractivity contribution in [1.29, 1.82) is 0 Å². The maximum Gasteiger partial charge on any atom is 0.227 e. The first-order valence-corrected chi connectivity index (χ1v) is 10.3. The van der Waals surface area contributed by atoms with Crippen molar-refractivity contribution >= 4 is 5.91 Å². The molecular weight excluding hydrogens is 376 g/mol. The molecule has 0 saturated carbocycles. The van der Waals surface area contributed by atoms with Gasteiger partial charge in [-0.05, 0) is 38.1 Å². The van der Waals surface area contributed by atoms with Gasteiger partial charge in [-0.3, -0.25) is 24.3 Å². The van der Waals surface area contributed by atoms with Crippen LogP contribution in [0.2, 0.25) is 0 Å². The lowest BCUT2D eigenvalue weighted by Crippen LogP contribution is -2.39. The Morgan fingerprint density at radius 2 is 1.93 bits per heavy atom. The number of benzene rings is 1. The van der Waals surface area contributed by atoms with Gasteiger partial charge < -0.3 is 4.90 Å². The van der Waals surface area contributed by atoms with Crippen LogP contribution in [0.3, 0.4) is 0 Å². The first kappa shape index (κ1) is 20.2. The molecule has 2 aromatic heterocycles. The largest absolute Gasteiger partial charge is 0.335 e. The van der Waals surface area contributed by atoms with Gasteiger partial charge in [0.05, 0.1) is 36.6 Å². The summed E-state index contributed by atoms with van der Waals surface area (Å²) in [5.41, 5.74) is 6.52. The molecule has 0 aliphatic carbocycles. The number of aryl methyl sites for hydroxylation is 2. The lowest BCUT2D eigenvalue weighted by atomic mass is 10.0. The number of aromatic nitrogens is 4. The van der Waals surface area contributed by atoms with E-state index in [-0.39, 0.29) is 5.91 Å². The first-order chi connectivity index (χ1) is 14.5. The zero-order valence-electron chi connectivity index (χ0n) is 17.9. The van der Waals surface area contributed by atoms with E-state index in [4.69, 9.17) is 5.10 Å². The van der Waals surface area contributed by atoms with Crippen LogP contribution in [-0.4, -0.2) is 49.0 Å². The van der Waals surface area contributed by atoms with Crippen LogP contribution in [0.1, 0.15) is 33.8 Å². The molecule has 1 amide bonds. The average Bonchev–Trinajstić information content (AvgIpc) is 3.12. The van der Waals surface area contributed by atoms with E-state index in [0.29, 0.717) is 19.5 Å². The molecule has 3 aromatic rings. The monoisotopic (exact) mass is 404 g/mol. The number of hydrogen-bond donors (Lipinski definition) is 0. The lowest BCUT2D eigenvalue weighted by Gasteiger charge is -2.28. The standard InChI is InChI=1S/C23H28N6O/c1-17-4-5-18(2)19(10-17)11-23(30)28-8-9-29-22(16-28)12-20(26-29)14-27(3)15-21-13-24-6-7-25-21/h4-7,10,12-13H,8-9,11,14-16H2,1-3H3. The van der Waals surface area contributed by atoms with E-state index >= 15 is 0 Å². The van der Waals surface area contributed by atoms with Gasteiger partial charge in [0.1, 0.15) is 0 Å². The Labute approximate surface area is 177 Å². The quantitative estimate of drug-likeness (QED) is 0.632. The van der Waals surface area contributed by atoms with Crippen LogP contribution < -0.4 is 0 Å². The Morgan fingerprint density at radius 3 is 2.73 bits per heavy atom. The van der Waals surface area contributed by atoms with Gasteiger partial charge >= 0.3 is 0 Å². The van der Waals surface area contributed by atoms with Crippen molar-refractivity contribution in [2.75, 3.05) is 13.6 Å². The van der Waals surface area contributed by atoms with Crippen LogP contribution in [0.4, 0.5) is 0 Å². The summed E-state index contributed by atoms with van der Waals surface area (Å²) in [7, 11) is 2.05. The van der Waals surface area contributed by atoms with Gasteiger partial charge in [-0.1, -0.05) is 23.8 Å². The van der Waals surface area contributed by atoms with Crippen molar-refractivity contribution in [1.82, 2.24) is 29.5 Å². The normalized spacial score (nSPS) is 13.5. The number of hydrogen-bond acceptors (Lipinski definition) is 5. The van der Waals surface area contributed by atoms with Crippen LogP contribution in [0, 0.1) is 13.8 Å². The summed E-state index contributed by atoms with van der Waals surface area (Å²) in [6.45, 7) is 7.63. The average molecular weight is 405 g/mol. The summed E-state index contributed by atoms with van der Waals surface area (Å²) in [6.07, 6.45) is 5.63. The van der Waals surface area contributed by atoms with Crippen molar-refractivity contribution in [3.05, 3.63) is 76.6 Å². The molecule has 0 N–H and O–H groups in total. The van der Waals surface area contributed by atoms with Crippen LogP contribution >= 0.6 is 0 Å². The summed E-state index contributed by atoms with van der Waals surface area (Å²) in [6, 6.07) is 8.41. The highest BCUT2D eigenvalue weighted by molar-refractivity contribution is 5.79. The predicted octanol–water partition coefficient (Wildman–Crippen LogP) is 2.51. The molecular formula is C23H28N6O. The molecule has 0 bridgehead atoms. The van der Waals surface area contributed by atoms with E-state index in [1.54, 1.807) is 18.6 Å². The molecule has 0 atom stereocenters. The van der Waals surface area contributed by atoms with Gasteiger partial charge in [0, 0.05) is 38.2 Å². The Hall–Kier alpha value is -3.06. The third-order valence-corrected chi connectivity index (χ3v) is 5.53. The third kappa shape index (κ3) is 4.74. The molecule has 1 aliphatic heterocycles. The smallest absolute Gasteiger partial charge is 0.227 e. The molecule has 7 nitrogen and oxygen atoms in total. The first-order valence-electron chi connectivity index (χ1n) is 10.3. The molecule has 1 aromatic carbocycles. The van der Waals surface area contributed by atoms with E-state index in [1.165, 1.54) is 11.1 Å². The summed E-state index contributed by atoms with van der Waals surface area (Å²) >= 11 is 0. The van der Waals surface area contributed by atoms with E-state index in [2.05, 4.69) is 53.0 Å². The second kappa shape index (κ2) is 8.75. The van der Waals surface area contributed by atoms with E-state index in [9.17, 15) is 4.79 Å². The van der Waals surface area contributed by atoms with Crippen molar-refractivity contribution in [2.24, 2.45) is 0 Å². The maximum absolute atomic E-state index is 12.9. The Bertz CT molecular complexity index is 1030. The molecule has 7 heteroatoms. The minimum atomic E-state index is 0.178. The van der Waals surface area contributed by atoms with Crippen molar-refractivity contribution in [3.63, 3.8) is 0 Å². The van der Waals surface area contributed by atoms with Crippen LogP contribution in [0.25, 0.3) is 0 Å². The SMILES string of the molecule is Cc1ccc(C)c(CC(=O)N2CCn3nc(CN(C)Cc4cnccn4)cc3C2)c1. The fraction of sp³-hybridized carbons (Fsp3) is 0.391. The van der Waals surface area contributed by atoms with Gasteiger partial charge in [0.15, 0.2) is 0 Å². The highest BCUT2D eigenvalue weighted by Gasteiger charge is 2.23. The van der Waals surface area contributed by atoms with E-state index in [1.807, 2.05) is 16.6 Å². The summed E-state index contributed by atoms with van der Waals surface area (Å²) < 4.78 is 2.03. The summed E-state index contributed by atoms with van der Waals surface area (Å²) in [5, 5.41) is 4.74. The molecule has 156 valence electrons. The lowest BCUT2D eigenvalue weighted by molar-refractivity contribution is -0.132. The van der Waals surface area contributed by atoms with E-state index < -0.39 is 0 Å². The molecule has 0 unspecified atom stereocenters. The molecule has 0 spiro atoms. The highest BCUT2D eigenvalue weighted by atomic mass is 16.2. The van der Waals surface area contributed by atoms with Gasteiger partial charge in [-0.25, -0.2) is 0 Å². The topological polar surface area (TPSA) is 67.2 Å². The van der Waals surface area contributed by atoms with Gasteiger partial charge in [-0.15, -0.1) is 0 Å². The minimum Gasteiger partial charge on any atom is -0.335 e. The van der Waals surface area contributed by atoms with Crippen LogP contribution in [0.15, 0.2) is 42.9 Å². The fourth-order valence-corrected chi connectivity index (χ4v) is 3.90. The van der Waals surface area contributed by atoms with Crippen LogP contribution in [-0.2, 0) is 37.4 Å². The molecule has 0 saturated heterocycles. The Kier molecular flexibility index (Phi) is 5.90. The Balaban J connectivity index is 1.37. The molecule has 4 rings (SSSR count). The predicted molar refractivity (Wildman–Crippen MR) is 114 cm³/mol. The van der Waals surface area contributed by atoms with Crippen molar-refractivity contribution in [3.8, 4) is 0 Å². The molecule has 0 fully saturated rings. The second-order valence-corrected chi connectivity index (χ2v) is 8.14. The molecule has 0 radical (unpaired) electrons. The van der Waals surface area contributed by atoms with Crippen molar-refractivity contribution < 1.29 is 4.79 Å². The number of amides is 1. The second-order valence-electron chi connectivity index (χ2n) is 8.14. The fourth-order valence-electron chi connectivity index (χ4n) is 3.90. The van der Waals surface area contributed by atoms with E-state index in [0.717, 1.165) is 42.3 Å². The maximum atomic E-state index is 12.9. The zero-order chi connectivity index (χ0) is 21.1. The summed E-state index contributed by atoms with van der Waals surface area (Å²) in [5.74, 6) is 0.178. The third-order valence-electron chi connectivity index (χ3n) is 5.53. The van der Waals surface area contributed by atoms with Gasteiger partial charge in [0.25, 0.3) is 0 Å².